The lowest BCUT2D eigenvalue weighted by Crippen LogP contribution is -2.56. The molecule has 1 saturated carbocycles. The zero-order valence-corrected chi connectivity index (χ0v) is 9.21. The van der Waals surface area contributed by atoms with Crippen molar-refractivity contribution >= 4 is 11.9 Å². The summed E-state index contributed by atoms with van der Waals surface area (Å²) < 4.78 is 4.96. The van der Waals surface area contributed by atoms with Crippen LogP contribution in [0.2, 0.25) is 0 Å². The van der Waals surface area contributed by atoms with Crippen LogP contribution in [0.1, 0.15) is 26.7 Å². The summed E-state index contributed by atoms with van der Waals surface area (Å²) in [6, 6.07) is 0. The number of carbonyl (C=O) groups is 2. The Bertz CT molecular complexity index is 263. The number of ether oxygens (including phenoxy) is 1. The Labute approximate surface area is 89.3 Å². The largest absolute Gasteiger partial charge is 0.464 e. The van der Waals surface area contributed by atoms with Crippen molar-refractivity contribution in [2.75, 3.05) is 13.2 Å². The van der Waals surface area contributed by atoms with Gasteiger partial charge in [-0.3, -0.25) is 4.79 Å². The highest BCUT2D eigenvalue weighted by atomic mass is 16.5. The minimum absolute atomic E-state index is 0.109. The predicted molar refractivity (Wildman–Crippen MR) is 55.0 cm³/mol. The standard InChI is InChI=1S/C10H18N2O3/c1-3-15-9(14)10(2,7-4-5-7)12-8(13)6-11/h7H,3-6,11H2,1-2H3,(H,12,13)/t10-/m1/s1. The molecule has 0 unspecified atom stereocenters. The zero-order valence-electron chi connectivity index (χ0n) is 9.21. The van der Waals surface area contributed by atoms with Gasteiger partial charge in [-0.05, 0) is 32.6 Å². The molecule has 0 aromatic carbocycles. The molecule has 1 aliphatic rings. The summed E-state index contributed by atoms with van der Waals surface area (Å²) in [5.74, 6) is -0.501. The van der Waals surface area contributed by atoms with E-state index in [9.17, 15) is 9.59 Å². The van der Waals surface area contributed by atoms with E-state index in [1.54, 1.807) is 13.8 Å². The first-order valence-electron chi connectivity index (χ1n) is 5.23. The highest BCUT2D eigenvalue weighted by Gasteiger charge is 2.49. The van der Waals surface area contributed by atoms with E-state index < -0.39 is 5.54 Å². The first kappa shape index (κ1) is 12.0. The van der Waals surface area contributed by atoms with Gasteiger partial charge in [-0.2, -0.15) is 0 Å². The molecule has 3 N–H and O–H groups in total. The number of nitrogens with one attached hydrogen (secondary N) is 1. The Hall–Kier alpha value is -1.10. The van der Waals surface area contributed by atoms with Crippen molar-refractivity contribution in [1.82, 2.24) is 5.32 Å². The van der Waals surface area contributed by atoms with Crippen molar-refractivity contribution in [2.45, 2.75) is 32.2 Å². The molecule has 0 aromatic heterocycles. The fourth-order valence-corrected chi connectivity index (χ4v) is 1.60. The number of hydrogen-bond donors (Lipinski definition) is 2. The molecule has 0 saturated heterocycles. The lowest BCUT2D eigenvalue weighted by molar-refractivity contribution is -0.153. The average molecular weight is 214 g/mol. The van der Waals surface area contributed by atoms with Gasteiger partial charge in [0.2, 0.25) is 5.91 Å². The SMILES string of the molecule is CCOC(=O)[C@](C)(NC(=O)CN)C1CC1. The molecule has 15 heavy (non-hydrogen) atoms. The van der Waals surface area contributed by atoms with Crippen LogP contribution in [-0.2, 0) is 14.3 Å². The van der Waals surface area contributed by atoms with Gasteiger partial charge in [0.05, 0.1) is 13.2 Å². The lowest BCUT2D eigenvalue weighted by atomic mass is 9.96. The van der Waals surface area contributed by atoms with Gasteiger partial charge < -0.3 is 15.8 Å². The van der Waals surface area contributed by atoms with Gasteiger partial charge in [0, 0.05) is 0 Å². The minimum atomic E-state index is -0.896. The summed E-state index contributed by atoms with van der Waals surface area (Å²) in [7, 11) is 0. The maximum absolute atomic E-state index is 11.7. The van der Waals surface area contributed by atoms with E-state index in [1.807, 2.05) is 0 Å². The van der Waals surface area contributed by atoms with Crippen molar-refractivity contribution < 1.29 is 14.3 Å². The van der Waals surface area contributed by atoms with Crippen molar-refractivity contribution in [3.63, 3.8) is 0 Å². The van der Waals surface area contributed by atoms with E-state index in [1.165, 1.54) is 0 Å². The summed E-state index contributed by atoms with van der Waals surface area (Å²) in [5, 5.41) is 2.65. The van der Waals surface area contributed by atoms with Crippen LogP contribution in [0.5, 0.6) is 0 Å². The van der Waals surface area contributed by atoms with Crippen molar-refractivity contribution in [1.29, 1.82) is 0 Å². The number of carbonyl (C=O) groups excluding carboxylic acids is 2. The van der Waals surface area contributed by atoms with Gasteiger partial charge in [-0.1, -0.05) is 0 Å². The van der Waals surface area contributed by atoms with Gasteiger partial charge in [-0.15, -0.1) is 0 Å². The molecule has 0 bridgehead atoms. The van der Waals surface area contributed by atoms with Crippen LogP contribution in [0.3, 0.4) is 0 Å². The minimum Gasteiger partial charge on any atom is -0.464 e. The number of esters is 1. The molecule has 1 rings (SSSR count). The van der Waals surface area contributed by atoms with Gasteiger partial charge in [0.15, 0.2) is 0 Å². The Morgan fingerprint density at radius 2 is 2.13 bits per heavy atom. The van der Waals surface area contributed by atoms with Crippen LogP contribution in [0.4, 0.5) is 0 Å². The number of rotatable bonds is 5. The van der Waals surface area contributed by atoms with Crippen LogP contribution in [0.25, 0.3) is 0 Å². The second kappa shape index (κ2) is 4.61. The lowest BCUT2D eigenvalue weighted by Gasteiger charge is -2.28. The quantitative estimate of drug-likeness (QED) is 0.621. The summed E-state index contributed by atoms with van der Waals surface area (Å²) in [6.07, 6.45) is 1.89. The highest BCUT2D eigenvalue weighted by molar-refractivity contribution is 5.89. The normalized spacial score (nSPS) is 19.1. The van der Waals surface area contributed by atoms with E-state index in [2.05, 4.69) is 5.32 Å². The van der Waals surface area contributed by atoms with E-state index in [4.69, 9.17) is 10.5 Å². The summed E-state index contributed by atoms with van der Waals surface area (Å²) in [4.78, 5) is 22.9. The number of amides is 1. The maximum atomic E-state index is 11.7. The Kier molecular flexibility index (Phi) is 3.68. The first-order chi connectivity index (χ1) is 7.04. The third-order valence-corrected chi connectivity index (χ3v) is 2.68. The molecule has 5 nitrogen and oxygen atoms in total. The molecular weight excluding hydrogens is 196 g/mol. The molecule has 1 atom stereocenters. The molecule has 0 aromatic rings. The van der Waals surface area contributed by atoms with Crippen LogP contribution < -0.4 is 11.1 Å². The van der Waals surface area contributed by atoms with Crippen LogP contribution in [0.15, 0.2) is 0 Å². The van der Waals surface area contributed by atoms with Crippen molar-refractivity contribution in [2.24, 2.45) is 11.7 Å². The fourth-order valence-electron chi connectivity index (χ4n) is 1.60. The molecule has 0 radical (unpaired) electrons. The molecule has 86 valence electrons. The van der Waals surface area contributed by atoms with Crippen LogP contribution >= 0.6 is 0 Å². The summed E-state index contributed by atoms with van der Waals surface area (Å²) in [5.41, 5.74) is 4.31. The second-order valence-electron chi connectivity index (χ2n) is 3.95. The summed E-state index contributed by atoms with van der Waals surface area (Å²) >= 11 is 0. The molecule has 1 aliphatic carbocycles. The highest BCUT2D eigenvalue weighted by Crippen LogP contribution is 2.40. The second-order valence-corrected chi connectivity index (χ2v) is 3.95. The van der Waals surface area contributed by atoms with E-state index in [0.29, 0.717) is 6.61 Å². The average Bonchev–Trinajstić information content (AvgIpc) is 3.01. The van der Waals surface area contributed by atoms with E-state index in [-0.39, 0.29) is 24.3 Å². The van der Waals surface area contributed by atoms with Gasteiger partial charge >= 0.3 is 5.97 Å². The smallest absolute Gasteiger partial charge is 0.331 e. The monoisotopic (exact) mass is 214 g/mol. The Balaban J connectivity index is 2.68. The fraction of sp³-hybridized carbons (Fsp3) is 0.800. The third kappa shape index (κ3) is 2.68. The molecule has 5 heteroatoms. The van der Waals surface area contributed by atoms with Gasteiger partial charge in [-0.25, -0.2) is 4.79 Å². The molecule has 0 spiro atoms. The van der Waals surface area contributed by atoms with Crippen LogP contribution in [0, 0.1) is 5.92 Å². The van der Waals surface area contributed by atoms with E-state index >= 15 is 0 Å². The third-order valence-electron chi connectivity index (χ3n) is 2.68. The first-order valence-corrected chi connectivity index (χ1v) is 5.23. The molecule has 0 heterocycles. The van der Waals surface area contributed by atoms with Gasteiger partial charge in [0.25, 0.3) is 0 Å². The molecule has 1 fully saturated rings. The summed E-state index contributed by atoms with van der Waals surface area (Å²) in [6.45, 7) is 3.66. The zero-order chi connectivity index (χ0) is 11.5. The number of hydrogen-bond acceptors (Lipinski definition) is 4. The van der Waals surface area contributed by atoms with Gasteiger partial charge in [0.1, 0.15) is 5.54 Å². The molecule has 0 aliphatic heterocycles. The van der Waals surface area contributed by atoms with Crippen molar-refractivity contribution in [3.8, 4) is 0 Å². The molecular formula is C10H18N2O3. The predicted octanol–water partition coefficient (Wildman–Crippen LogP) is -0.207. The number of nitrogens with two attached hydrogens (primary N) is 1. The Morgan fingerprint density at radius 3 is 2.53 bits per heavy atom. The van der Waals surface area contributed by atoms with Crippen molar-refractivity contribution in [3.05, 3.63) is 0 Å². The van der Waals surface area contributed by atoms with Crippen LogP contribution in [-0.4, -0.2) is 30.6 Å². The Morgan fingerprint density at radius 1 is 1.53 bits per heavy atom. The maximum Gasteiger partial charge on any atom is 0.331 e. The topological polar surface area (TPSA) is 81.4 Å². The van der Waals surface area contributed by atoms with E-state index in [0.717, 1.165) is 12.8 Å². The molecule has 1 amide bonds.